The van der Waals surface area contributed by atoms with E-state index in [0.717, 1.165) is 19.0 Å². The number of nitrogens with zero attached hydrogens (tertiary/aromatic N) is 2. The first-order valence-electron chi connectivity index (χ1n) is 7.58. The number of aryl methyl sites for hydroxylation is 1. The monoisotopic (exact) mass is 249 g/mol. The summed E-state index contributed by atoms with van der Waals surface area (Å²) in [5, 5.41) is 8.08. The molecule has 2 rings (SSSR count). The van der Waals surface area contributed by atoms with E-state index in [1.807, 2.05) is 4.68 Å². The van der Waals surface area contributed by atoms with Crippen molar-refractivity contribution in [3.8, 4) is 0 Å². The van der Waals surface area contributed by atoms with Gasteiger partial charge in [0.25, 0.3) is 0 Å². The van der Waals surface area contributed by atoms with Crippen molar-refractivity contribution in [2.45, 2.75) is 65.0 Å². The Morgan fingerprint density at radius 3 is 2.83 bits per heavy atom. The Bertz CT molecular complexity index is 345. The van der Waals surface area contributed by atoms with Crippen molar-refractivity contribution >= 4 is 0 Å². The van der Waals surface area contributed by atoms with Gasteiger partial charge in [-0.15, -0.1) is 0 Å². The molecule has 0 amide bonds. The molecule has 0 bridgehead atoms. The second-order valence-corrected chi connectivity index (χ2v) is 5.47. The highest BCUT2D eigenvalue weighted by Crippen LogP contribution is 2.26. The molecule has 0 aromatic carbocycles. The number of hydrogen-bond acceptors (Lipinski definition) is 2. The van der Waals surface area contributed by atoms with Crippen molar-refractivity contribution < 1.29 is 0 Å². The quantitative estimate of drug-likeness (QED) is 0.813. The van der Waals surface area contributed by atoms with Gasteiger partial charge in [0.2, 0.25) is 0 Å². The molecule has 1 N–H and O–H groups in total. The Hall–Kier alpha value is -0.830. The van der Waals surface area contributed by atoms with Crippen LogP contribution in [0.3, 0.4) is 0 Å². The van der Waals surface area contributed by atoms with E-state index in [1.54, 1.807) is 0 Å². The van der Waals surface area contributed by atoms with Gasteiger partial charge in [0, 0.05) is 18.8 Å². The number of aromatic nitrogens is 2. The molecule has 3 heteroatoms. The second-order valence-electron chi connectivity index (χ2n) is 5.47. The van der Waals surface area contributed by atoms with Gasteiger partial charge in [0.05, 0.1) is 6.20 Å². The Balaban J connectivity index is 1.98. The van der Waals surface area contributed by atoms with E-state index in [2.05, 4.69) is 36.7 Å². The first-order valence-corrected chi connectivity index (χ1v) is 7.58. The molecule has 0 saturated heterocycles. The van der Waals surface area contributed by atoms with Gasteiger partial charge in [-0.05, 0) is 44.2 Å². The van der Waals surface area contributed by atoms with Gasteiger partial charge in [-0.25, -0.2) is 0 Å². The molecule has 0 aliphatic heterocycles. The molecule has 2 atom stereocenters. The van der Waals surface area contributed by atoms with Crippen LogP contribution in [0.2, 0.25) is 0 Å². The van der Waals surface area contributed by atoms with Crippen LogP contribution in [0.15, 0.2) is 12.4 Å². The first kappa shape index (κ1) is 13.6. The van der Waals surface area contributed by atoms with Crippen molar-refractivity contribution in [2.24, 2.45) is 5.92 Å². The summed E-state index contributed by atoms with van der Waals surface area (Å²) < 4.78 is 2.04. The first-order chi connectivity index (χ1) is 8.83. The Morgan fingerprint density at radius 2 is 2.11 bits per heavy atom. The molecule has 18 heavy (non-hydrogen) atoms. The van der Waals surface area contributed by atoms with E-state index in [1.165, 1.54) is 44.1 Å². The lowest BCUT2D eigenvalue weighted by Gasteiger charge is -2.25. The minimum atomic E-state index is 0.711. The lowest BCUT2D eigenvalue weighted by atomic mass is 9.89. The third kappa shape index (κ3) is 3.58. The molecular weight excluding hydrogens is 222 g/mol. The largest absolute Gasteiger partial charge is 0.314 e. The van der Waals surface area contributed by atoms with E-state index >= 15 is 0 Å². The molecule has 1 aliphatic rings. The molecule has 0 spiro atoms. The third-order valence-corrected chi connectivity index (χ3v) is 4.13. The van der Waals surface area contributed by atoms with Crippen molar-refractivity contribution in [3.05, 3.63) is 18.0 Å². The van der Waals surface area contributed by atoms with E-state index < -0.39 is 0 Å². The smallest absolute Gasteiger partial charge is 0.0521 e. The minimum Gasteiger partial charge on any atom is -0.314 e. The molecule has 2 unspecified atom stereocenters. The number of hydrogen-bond donors (Lipinski definition) is 1. The SMILES string of the molecule is CCNC1CCCCCC1Cc1cnn(CC)c1. The van der Waals surface area contributed by atoms with Crippen LogP contribution in [0.1, 0.15) is 51.5 Å². The summed E-state index contributed by atoms with van der Waals surface area (Å²) in [6, 6.07) is 0.711. The third-order valence-electron chi connectivity index (χ3n) is 4.13. The van der Waals surface area contributed by atoms with Crippen molar-refractivity contribution in [3.63, 3.8) is 0 Å². The summed E-state index contributed by atoms with van der Waals surface area (Å²) in [6.45, 7) is 6.43. The second kappa shape index (κ2) is 6.93. The van der Waals surface area contributed by atoms with Crippen molar-refractivity contribution in [1.82, 2.24) is 15.1 Å². The zero-order chi connectivity index (χ0) is 12.8. The van der Waals surface area contributed by atoms with Crippen LogP contribution < -0.4 is 5.32 Å². The Kier molecular flexibility index (Phi) is 5.24. The van der Waals surface area contributed by atoms with Crippen LogP contribution in [0.25, 0.3) is 0 Å². The average molecular weight is 249 g/mol. The van der Waals surface area contributed by atoms with E-state index in [-0.39, 0.29) is 0 Å². The van der Waals surface area contributed by atoms with Gasteiger partial charge >= 0.3 is 0 Å². The van der Waals surface area contributed by atoms with Gasteiger partial charge in [0.15, 0.2) is 0 Å². The molecule has 1 aromatic heterocycles. The predicted octanol–water partition coefficient (Wildman–Crippen LogP) is 3.00. The molecule has 3 nitrogen and oxygen atoms in total. The van der Waals surface area contributed by atoms with Crippen LogP contribution >= 0.6 is 0 Å². The molecule has 1 aliphatic carbocycles. The maximum atomic E-state index is 4.39. The van der Waals surface area contributed by atoms with Crippen LogP contribution in [0.5, 0.6) is 0 Å². The fourth-order valence-corrected chi connectivity index (χ4v) is 3.15. The highest BCUT2D eigenvalue weighted by Gasteiger charge is 2.23. The Labute approximate surface area is 111 Å². The van der Waals surface area contributed by atoms with Crippen LogP contribution in [-0.4, -0.2) is 22.4 Å². The van der Waals surface area contributed by atoms with E-state index in [4.69, 9.17) is 0 Å². The molecule has 1 saturated carbocycles. The normalized spacial score (nSPS) is 25.0. The zero-order valence-electron chi connectivity index (χ0n) is 11.9. The summed E-state index contributed by atoms with van der Waals surface area (Å²) in [6.07, 6.45) is 12.4. The van der Waals surface area contributed by atoms with E-state index in [0.29, 0.717) is 6.04 Å². The summed E-state index contributed by atoms with van der Waals surface area (Å²) >= 11 is 0. The molecule has 0 radical (unpaired) electrons. The van der Waals surface area contributed by atoms with Crippen molar-refractivity contribution in [2.75, 3.05) is 6.54 Å². The standard InChI is InChI=1S/C15H27N3/c1-3-16-15-9-7-5-6-8-14(15)10-13-11-17-18(4-2)12-13/h11-12,14-16H,3-10H2,1-2H3. The number of rotatable bonds is 5. The molecule has 1 heterocycles. The summed E-state index contributed by atoms with van der Waals surface area (Å²) in [5.74, 6) is 0.793. The van der Waals surface area contributed by atoms with Gasteiger partial charge in [-0.3, -0.25) is 4.68 Å². The maximum Gasteiger partial charge on any atom is 0.0521 e. The fourth-order valence-electron chi connectivity index (χ4n) is 3.15. The van der Waals surface area contributed by atoms with Crippen molar-refractivity contribution in [1.29, 1.82) is 0 Å². The minimum absolute atomic E-state index is 0.711. The fraction of sp³-hybridized carbons (Fsp3) is 0.800. The Morgan fingerprint density at radius 1 is 1.28 bits per heavy atom. The van der Waals surface area contributed by atoms with Gasteiger partial charge in [-0.2, -0.15) is 5.10 Å². The summed E-state index contributed by atoms with van der Waals surface area (Å²) in [4.78, 5) is 0. The van der Waals surface area contributed by atoms with Gasteiger partial charge < -0.3 is 5.32 Å². The topological polar surface area (TPSA) is 29.9 Å². The lowest BCUT2D eigenvalue weighted by molar-refractivity contribution is 0.337. The lowest BCUT2D eigenvalue weighted by Crippen LogP contribution is -2.36. The van der Waals surface area contributed by atoms with E-state index in [9.17, 15) is 0 Å². The molecule has 102 valence electrons. The number of nitrogens with one attached hydrogen (secondary N) is 1. The maximum absolute atomic E-state index is 4.39. The summed E-state index contributed by atoms with van der Waals surface area (Å²) in [7, 11) is 0. The van der Waals surface area contributed by atoms with Gasteiger partial charge in [0.1, 0.15) is 0 Å². The van der Waals surface area contributed by atoms with Gasteiger partial charge in [-0.1, -0.05) is 26.2 Å². The zero-order valence-corrected chi connectivity index (χ0v) is 11.9. The van der Waals surface area contributed by atoms with Crippen LogP contribution in [-0.2, 0) is 13.0 Å². The molecule has 1 fully saturated rings. The predicted molar refractivity (Wildman–Crippen MR) is 75.6 cm³/mol. The summed E-state index contributed by atoms with van der Waals surface area (Å²) in [5.41, 5.74) is 1.41. The molecular formula is C15H27N3. The average Bonchev–Trinajstić information content (AvgIpc) is 2.72. The van der Waals surface area contributed by atoms with Crippen LogP contribution in [0.4, 0.5) is 0 Å². The molecule has 1 aromatic rings. The van der Waals surface area contributed by atoms with Crippen LogP contribution in [0, 0.1) is 5.92 Å². The highest BCUT2D eigenvalue weighted by atomic mass is 15.3. The highest BCUT2D eigenvalue weighted by molar-refractivity contribution is 5.06.